The highest BCUT2D eigenvalue weighted by Gasteiger charge is 2.27. The molecule has 0 saturated heterocycles. The highest BCUT2D eigenvalue weighted by atomic mass is 35.5. The second-order valence-corrected chi connectivity index (χ2v) is 18.0. The van der Waals surface area contributed by atoms with Crippen molar-refractivity contribution in [1.29, 1.82) is 0 Å². The van der Waals surface area contributed by atoms with Gasteiger partial charge in [0.15, 0.2) is 0 Å². The summed E-state index contributed by atoms with van der Waals surface area (Å²) in [5.41, 5.74) is 11.5. The normalized spacial score (nSPS) is 12.3. The van der Waals surface area contributed by atoms with Gasteiger partial charge in [0.1, 0.15) is 0 Å². The Balaban J connectivity index is 1.62. The van der Waals surface area contributed by atoms with Gasteiger partial charge in [-0.2, -0.15) is 0 Å². The first kappa shape index (κ1) is 36.3. The van der Waals surface area contributed by atoms with E-state index in [1.165, 1.54) is 32.7 Å². The minimum atomic E-state index is 0.0283. The van der Waals surface area contributed by atoms with E-state index in [1.807, 2.05) is 24.3 Å². The maximum atomic E-state index is 7.38. The number of hydrogen-bond donors (Lipinski definition) is 0. The van der Waals surface area contributed by atoms with E-state index in [1.54, 1.807) is 0 Å². The number of fused-ring (bicyclic) bond motifs is 6. The lowest BCUT2D eigenvalue weighted by Crippen LogP contribution is -2.10. The van der Waals surface area contributed by atoms with Crippen LogP contribution in [0, 0.1) is 0 Å². The molecule has 0 nitrogen and oxygen atoms in total. The van der Waals surface area contributed by atoms with Crippen LogP contribution >= 0.6 is 23.2 Å². The molecule has 0 aliphatic carbocycles. The van der Waals surface area contributed by atoms with Crippen LogP contribution in [0.2, 0.25) is 10.0 Å². The molecule has 0 aliphatic heterocycles. The molecule has 0 atom stereocenters. The van der Waals surface area contributed by atoms with E-state index < -0.39 is 0 Å². The average molecular weight is 764 g/mol. The third-order valence-corrected chi connectivity index (χ3v) is 12.2. The van der Waals surface area contributed by atoms with Gasteiger partial charge in [0.25, 0.3) is 0 Å². The fourth-order valence-corrected chi connectivity index (χ4v) is 9.07. The number of hydrogen-bond acceptors (Lipinski definition) is 0. The van der Waals surface area contributed by atoms with Crippen LogP contribution in [-0.4, -0.2) is 0 Å². The second kappa shape index (κ2) is 13.7. The van der Waals surface area contributed by atoms with E-state index in [0.29, 0.717) is 10.0 Å². The Hall–Kier alpha value is -5.40. The maximum absolute atomic E-state index is 7.38. The Labute approximate surface area is 340 Å². The first-order valence-corrected chi connectivity index (χ1v) is 20.2. The van der Waals surface area contributed by atoms with E-state index in [0.717, 1.165) is 66.1 Å². The molecule has 0 unspecified atom stereocenters. The van der Waals surface area contributed by atoms with E-state index in [9.17, 15) is 0 Å². The fraction of sp³-hybridized carbons (Fsp3) is 0.148. The van der Waals surface area contributed by atoms with Gasteiger partial charge in [0, 0.05) is 32.3 Å². The van der Waals surface area contributed by atoms with Crippen LogP contribution in [0.3, 0.4) is 0 Å². The van der Waals surface area contributed by atoms with Crippen LogP contribution in [-0.2, 0) is 10.8 Å². The zero-order valence-corrected chi connectivity index (χ0v) is 34.3. The monoisotopic (exact) mass is 762 g/mol. The highest BCUT2D eigenvalue weighted by Crippen LogP contribution is 2.55. The predicted molar refractivity (Wildman–Crippen MR) is 246 cm³/mol. The zero-order chi connectivity index (χ0) is 38.9. The predicted octanol–water partition coefficient (Wildman–Crippen LogP) is 16.9. The van der Waals surface area contributed by atoms with Gasteiger partial charge in [-0.05, 0) is 112 Å². The van der Waals surface area contributed by atoms with Crippen LogP contribution in [0.4, 0.5) is 0 Å². The molecular formula is C54H44Cl2. The summed E-state index contributed by atoms with van der Waals surface area (Å²) in [4.78, 5) is 0. The average Bonchev–Trinajstić information content (AvgIpc) is 3.19. The van der Waals surface area contributed by atoms with Crippen molar-refractivity contribution in [2.75, 3.05) is 0 Å². The number of halogens is 2. The molecule has 0 heterocycles. The molecule has 0 bridgehead atoms. The molecule has 0 N–H and O–H groups in total. The Morgan fingerprint density at radius 3 is 1.04 bits per heavy atom. The Kier molecular flexibility index (Phi) is 8.84. The molecule has 9 rings (SSSR count). The van der Waals surface area contributed by atoms with Gasteiger partial charge in [-0.25, -0.2) is 0 Å². The molecule has 9 aromatic carbocycles. The quantitative estimate of drug-likeness (QED) is 0.124. The summed E-state index contributed by atoms with van der Waals surface area (Å²) in [7, 11) is 0. The van der Waals surface area contributed by atoms with Crippen LogP contribution in [0.15, 0.2) is 158 Å². The third-order valence-electron chi connectivity index (χ3n) is 11.5. The van der Waals surface area contributed by atoms with Crippen LogP contribution in [0.25, 0.3) is 87.6 Å². The lowest BCUT2D eigenvalue weighted by molar-refractivity contribution is 0.590. The summed E-state index contributed by atoms with van der Waals surface area (Å²) >= 11 is 14.8. The molecule has 9 aromatic rings. The topological polar surface area (TPSA) is 0 Å². The molecule has 56 heavy (non-hydrogen) atoms. The molecule has 0 saturated carbocycles. The van der Waals surface area contributed by atoms with Crippen molar-refractivity contribution in [3.63, 3.8) is 0 Å². The van der Waals surface area contributed by atoms with Gasteiger partial charge in [0.05, 0.1) is 0 Å². The second-order valence-electron chi connectivity index (χ2n) is 17.2. The van der Waals surface area contributed by atoms with Crippen molar-refractivity contribution in [1.82, 2.24) is 0 Å². The fourth-order valence-electron chi connectivity index (χ4n) is 8.61. The Morgan fingerprint density at radius 1 is 0.339 bits per heavy atom. The van der Waals surface area contributed by atoms with Crippen molar-refractivity contribution in [2.24, 2.45) is 0 Å². The minimum Gasteiger partial charge on any atom is -0.0837 e. The zero-order valence-electron chi connectivity index (χ0n) is 32.8. The molecule has 2 heteroatoms. The van der Waals surface area contributed by atoms with Crippen molar-refractivity contribution in [3.05, 3.63) is 179 Å². The molecule has 0 aliphatic rings. The lowest BCUT2D eigenvalue weighted by Gasteiger charge is -2.26. The molecule has 0 radical (unpaired) electrons. The SMILES string of the molecule is CC(C)(C)c1ccc(-c2cc3ccccc3c3c(-c4ccccc4Cl)c4c(-c5ccc(C(C)(C)C)cc5)cc5ccccc5c4c(-c4ccccc4Cl)c23)cc1. The molecule has 0 amide bonds. The largest absolute Gasteiger partial charge is 0.0837 e. The summed E-state index contributed by atoms with van der Waals surface area (Å²) in [5.74, 6) is 0. The summed E-state index contributed by atoms with van der Waals surface area (Å²) in [6.07, 6.45) is 0. The third kappa shape index (κ3) is 6.08. The molecule has 0 fully saturated rings. The number of rotatable bonds is 4. The molecule has 274 valence electrons. The van der Waals surface area contributed by atoms with E-state index >= 15 is 0 Å². The van der Waals surface area contributed by atoms with Gasteiger partial charge >= 0.3 is 0 Å². The van der Waals surface area contributed by atoms with Gasteiger partial charge in [-0.15, -0.1) is 0 Å². The highest BCUT2D eigenvalue weighted by molar-refractivity contribution is 6.41. The van der Waals surface area contributed by atoms with Gasteiger partial charge in [-0.1, -0.05) is 198 Å². The summed E-state index contributed by atoms with van der Waals surface area (Å²) in [6, 6.07) is 57.4. The van der Waals surface area contributed by atoms with Crippen molar-refractivity contribution in [2.45, 2.75) is 52.4 Å². The first-order chi connectivity index (χ1) is 26.9. The Morgan fingerprint density at radius 2 is 0.679 bits per heavy atom. The molecule has 0 aromatic heterocycles. The maximum Gasteiger partial charge on any atom is 0.0484 e. The van der Waals surface area contributed by atoms with Crippen molar-refractivity contribution < 1.29 is 0 Å². The minimum absolute atomic E-state index is 0.0283. The van der Waals surface area contributed by atoms with Gasteiger partial charge in [0.2, 0.25) is 0 Å². The standard InChI is InChI=1S/C54H44Cl2/c1-53(2,3)37-27-23-33(24-28-37)43-31-35-15-7-9-17-39(35)47-50(42-20-12-14-22-46(42)56)52-44(34-25-29-38(30-26-34)54(4,5)6)32-36-16-8-10-18-40(36)48(52)49(51(43)47)41-19-11-13-21-45(41)55/h7-32H,1-6H3. The van der Waals surface area contributed by atoms with Crippen LogP contribution in [0.5, 0.6) is 0 Å². The van der Waals surface area contributed by atoms with Crippen molar-refractivity contribution in [3.8, 4) is 44.5 Å². The van der Waals surface area contributed by atoms with E-state index in [-0.39, 0.29) is 10.8 Å². The first-order valence-electron chi connectivity index (χ1n) is 19.5. The lowest BCUT2D eigenvalue weighted by atomic mass is 9.77. The molecule has 0 spiro atoms. The van der Waals surface area contributed by atoms with Crippen LogP contribution < -0.4 is 0 Å². The van der Waals surface area contributed by atoms with E-state index in [4.69, 9.17) is 23.2 Å². The van der Waals surface area contributed by atoms with Gasteiger partial charge in [-0.3, -0.25) is 0 Å². The summed E-state index contributed by atoms with van der Waals surface area (Å²) < 4.78 is 0. The smallest absolute Gasteiger partial charge is 0.0484 e. The van der Waals surface area contributed by atoms with E-state index in [2.05, 4.69) is 175 Å². The Bertz CT molecular complexity index is 2770. The molecular weight excluding hydrogens is 719 g/mol. The van der Waals surface area contributed by atoms with Crippen molar-refractivity contribution >= 4 is 66.3 Å². The summed E-state index contributed by atoms with van der Waals surface area (Å²) in [5, 5.41) is 10.8. The summed E-state index contributed by atoms with van der Waals surface area (Å²) in [6.45, 7) is 13.6. The van der Waals surface area contributed by atoms with Gasteiger partial charge < -0.3 is 0 Å². The van der Waals surface area contributed by atoms with Crippen LogP contribution in [0.1, 0.15) is 52.7 Å². The number of benzene rings is 9.